The highest BCUT2D eigenvalue weighted by Gasteiger charge is 2.23. The Hall–Kier alpha value is -3.99. The van der Waals surface area contributed by atoms with Gasteiger partial charge in [-0.05, 0) is 50.1 Å². The molecule has 1 saturated heterocycles. The predicted octanol–water partition coefficient (Wildman–Crippen LogP) is 3.96. The number of anilines is 2. The van der Waals surface area contributed by atoms with Crippen LogP contribution < -0.4 is 15.4 Å². The summed E-state index contributed by atoms with van der Waals surface area (Å²) in [6.45, 7) is 3.48. The van der Waals surface area contributed by atoms with E-state index < -0.39 is 6.67 Å². The fourth-order valence-electron chi connectivity index (χ4n) is 4.96. The van der Waals surface area contributed by atoms with E-state index in [1.165, 1.54) is 0 Å². The van der Waals surface area contributed by atoms with Crippen molar-refractivity contribution < 1.29 is 18.7 Å². The Balaban J connectivity index is 1.41. The third-order valence-corrected chi connectivity index (χ3v) is 7.01. The third kappa shape index (κ3) is 4.69. The van der Waals surface area contributed by atoms with Crippen LogP contribution in [0.25, 0.3) is 22.3 Å². The quantitative estimate of drug-likeness (QED) is 0.422. The standard InChI is InChI=1S/C27H30FN7O3/c1-16-8-18-9-22(30-16)21-12-29-34(2)26(21)38-7-3-4-17(11-28)13-35-24-6-5-19(31-20-14-37-15-20)10-23(24)32-27(35)33-25(18)36/h5-6,8-10,12,17,20,31H,3-4,7,11,13-15H2,1-2H3,(H,32,33,36)/t17-/m0/s1. The van der Waals surface area contributed by atoms with Crippen LogP contribution in [0.3, 0.4) is 0 Å². The normalized spacial score (nSPS) is 18.4. The lowest BCUT2D eigenvalue weighted by molar-refractivity contribution is 0.0211. The van der Waals surface area contributed by atoms with Gasteiger partial charge in [-0.2, -0.15) is 5.10 Å². The van der Waals surface area contributed by atoms with Gasteiger partial charge in [0, 0.05) is 36.5 Å². The van der Waals surface area contributed by atoms with Crippen LogP contribution in [0, 0.1) is 12.8 Å². The van der Waals surface area contributed by atoms with Crippen molar-refractivity contribution in [3.8, 4) is 17.1 Å². The average molecular weight is 520 g/mol. The van der Waals surface area contributed by atoms with Gasteiger partial charge in [-0.25, -0.2) is 9.67 Å². The molecule has 0 saturated carbocycles. The number of carbonyl (C=O) groups excluding carboxylic acids is 1. The first-order valence-corrected chi connectivity index (χ1v) is 12.8. The number of aryl methyl sites for hydroxylation is 2. The minimum Gasteiger partial charge on any atom is -0.477 e. The Bertz CT molecular complexity index is 1490. The molecule has 2 aliphatic heterocycles. The van der Waals surface area contributed by atoms with Crippen LogP contribution in [-0.2, 0) is 18.3 Å². The second-order valence-electron chi connectivity index (χ2n) is 9.96. The van der Waals surface area contributed by atoms with Crippen molar-refractivity contribution in [2.24, 2.45) is 13.0 Å². The van der Waals surface area contributed by atoms with Gasteiger partial charge in [0.2, 0.25) is 11.8 Å². The Labute approximate surface area is 219 Å². The largest absolute Gasteiger partial charge is 0.477 e. The van der Waals surface area contributed by atoms with Gasteiger partial charge in [0.1, 0.15) is 0 Å². The molecule has 0 unspecified atom stereocenters. The zero-order valence-corrected chi connectivity index (χ0v) is 21.4. The van der Waals surface area contributed by atoms with Gasteiger partial charge in [-0.15, -0.1) is 0 Å². The van der Waals surface area contributed by atoms with Crippen LogP contribution in [-0.4, -0.2) is 62.8 Å². The number of hydrogen-bond acceptors (Lipinski definition) is 7. The fraction of sp³-hybridized carbons (Fsp3) is 0.407. The Morgan fingerprint density at radius 2 is 2.08 bits per heavy atom. The smallest absolute Gasteiger partial charge is 0.258 e. The van der Waals surface area contributed by atoms with Crippen LogP contribution in [0.4, 0.5) is 16.0 Å². The molecule has 1 atom stereocenters. The number of halogens is 1. The number of pyridine rings is 1. The maximum atomic E-state index is 14.2. The number of rotatable bonds is 3. The maximum absolute atomic E-state index is 14.2. The van der Waals surface area contributed by atoms with Gasteiger partial charge in [0.25, 0.3) is 5.91 Å². The van der Waals surface area contributed by atoms with Crippen LogP contribution in [0.1, 0.15) is 28.9 Å². The summed E-state index contributed by atoms with van der Waals surface area (Å²) in [5, 5.41) is 10.7. The van der Waals surface area contributed by atoms with Gasteiger partial charge in [-0.3, -0.25) is 19.5 Å². The molecule has 10 nitrogen and oxygen atoms in total. The number of amides is 1. The molecule has 4 aromatic rings. The number of ether oxygens (including phenoxy) is 2. The molecule has 0 aliphatic carbocycles. The van der Waals surface area contributed by atoms with Gasteiger partial charge in [-0.1, -0.05) is 0 Å². The van der Waals surface area contributed by atoms with Gasteiger partial charge in [0.15, 0.2) is 0 Å². The molecule has 0 spiro atoms. The van der Waals surface area contributed by atoms with E-state index >= 15 is 0 Å². The number of benzene rings is 1. The van der Waals surface area contributed by atoms with Gasteiger partial charge in [0.05, 0.1) is 61.0 Å². The predicted molar refractivity (Wildman–Crippen MR) is 141 cm³/mol. The molecule has 38 heavy (non-hydrogen) atoms. The SMILES string of the molecule is Cc1cc2cc(n1)-c1cnn(C)c1OCCC[C@@H](CF)Cn1c(nc3cc(NC4COC4)ccc31)NC2=O. The van der Waals surface area contributed by atoms with Crippen molar-refractivity contribution in [2.45, 2.75) is 32.4 Å². The molecular weight excluding hydrogens is 489 g/mol. The first kappa shape index (κ1) is 24.4. The molecular formula is C27H30FN7O3. The molecule has 0 radical (unpaired) electrons. The van der Waals surface area contributed by atoms with E-state index in [1.807, 2.05) is 29.7 Å². The van der Waals surface area contributed by atoms with Gasteiger partial charge < -0.3 is 19.4 Å². The summed E-state index contributed by atoms with van der Waals surface area (Å²) in [6.07, 6.45) is 2.96. The Morgan fingerprint density at radius 3 is 2.87 bits per heavy atom. The summed E-state index contributed by atoms with van der Waals surface area (Å²) in [5.41, 5.74) is 4.90. The second kappa shape index (κ2) is 10.1. The van der Waals surface area contributed by atoms with Gasteiger partial charge >= 0.3 is 0 Å². The molecule has 1 aromatic carbocycles. The average Bonchev–Trinajstić information content (AvgIpc) is 3.41. The molecule has 1 amide bonds. The summed E-state index contributed by atoms with van der Waals surface area (Å²) in [7, 11) is 1.80. The minimum atomic E-state index is -0.491. The highest BCUT2D eigenvalue weighted by Crippen LogP contribution is 2.31. The number of carbonyl (C=O) groups is 1. The lowest BCUT2D eigenvalue weighted by Crippen LogP contribution is -2.40. The minimum absolute atomic E-state index is 0.266. The monoisotopic (exact) mass is 519 g/mol. The number of nitrogens with one attached hydrogen (secondary N) is 2. The lowest BCUT2D eigenvalue weighted by atomic mass is 10.0. The molecule has 2 N–H and O–H groups in total. The number of hydrogen-bond donors (Lipinski definition) is 2. The van der Waals surface area contributed by atoms with E-state index in [0.29, 0.717) is 73.6 Å². The van der Waals surface area contributed by atoms with Crippen molar-refractivity contribution in [1.29, 1.82) is 0 Å². The van der Waals surface area contributed by atoms with E-state index in [2.05, 4.69) is 20.7 Å². The van der Waals surface area contributed by atoms with E-state index in [9.17, 15) is 9.18 Å². The number of imidazole rings is 1. The van der Waals surface area contributed by atoms with E-state index in [1.54, 1.807) is 30.1 Å². The topological polar surface area (TPSA) is 108 Å². The van der Waals surface area contributed by atoms with Crippen LogP contribution in [0.2, 0.25) is 0 Å². The second-order valence-corrected chi connectivity index (χ2v) is 9.96. The Kier molecular flexibility index (Phi) is 6.44. The highest BCUT2D eigenvalue weighted by molar-refractivity contribution is 6.05. The van der Waals surface area contributed by atoms with Crippen molar-refractivity contribution in [3.63, 3.8) is 0 Å². The van der Waals surface area contributed by atoms with Crippen molar-refractivity contribution in [1.82, 2.24) is 24.3 Å². The lowest BCUT2D eigenvalue weighted by Gasteiger charge is -2.27. The van der Waals surface area contributed by atoms with Crippen LogP contribution in [0.15, 0.2) is 36.5 Å². The number of alkyl halides is 1. The molecule has 5 heterocycles. The Morgan fingerprint density at radius 1 is 1.21 bits per heavy atom. The van der Waals surface area contributed by atoms with Crippen LogP contribution in [0.5, 0.6) is 5.88 Å². The van der Waals surface area contributed by atoms with Crippen molar-refractivity contribution in [2.75, 3.05) is 37.1 Å². The summed E-state index contributed by atoms with van der Waals surface area (Å²) < 4.78 is 29.1. The summed E-state index contributed by atoms with van der Waals surface area (Å²) >= 11 is 0. The molecule has 198 valence electrons. The third-order valence-electron chi connectivity index (χ3n) is 7.01. The molecule has 11 heteroatoms. The summed E-state index contributed by atoms with van der Waals surface area (Å²) in [5.74, 6) is 0.365. The summed E-state index contributed by atoms with van der Waals surface area (Å²) in [4.78, 5) is 22.9. The number of nitrogens with zero attached hydrogens (tertiary/aromatic N) is 5. The molecule has 1 fully saturated rings. The zero-order valence-electron chi connectivity index (χ0n) is 21.4. The van der Waals surface area contributed by atoms with E-state index in [0.717, 1.165) is 16.7 Å². The fourth-order valence-corrected chi connectivity index (χ4v) is 4.96. The molecule has 2 aliphatic rings. The highest BCUT2D eigenvalue weighted by atomic mass is 19.1. The van der Waals surface area contributed by atoms with E-state index in [-0.39, 0.29) is 17.9 Å². The van der Waals surface area contributed by atoms with Crippen molar-refractivity contribution >= 4 is 28.6 Å². The number of aromatic nitrogens is 5. The van der Waals surface area contributed by atoms with Crippen molar-refractivity contribution in [3.05, 3.63) is 47.8 Å². The first-order chi connectivity index (χ1) is 18.5. The molecule has 6 rings (SSSR count). The zero-order chi connectivity index (χ0) is 26.2. The maximum Gasteiger partial charge on any atom is 0.258 e. The molecule has 2 bridgehead atoms. The summed E-state index contributed by atoms with van der Waals surface area (Å²) in [6, 6.07) is 9.63. The first-order valence-electron chi connectivity index (χ1n) is 12.8. The van der Waals surface area contributed by atoms with Crippen LogP contribution >= 0.6 is 0 Å². The number of fused-ring (bicyclic) bond motifs is 7. The van der Waals surface area contributed by atoms with E-state index in [4.69, 9.17) is 14.5 Å². The molecule has 3 aromatic heterocycles.